The number of methoxy groups -OCH3 is 2. The highest BCUT2D eigenvalue weighted by Gasteiger charge is 2.21. The van der Waals surface area contributed by atoms with Crippen LogP contribution in [-0.4, -0.2) is 101 Å². The third-order valence-electron chi connectivity index (χ3n) is 7.85. The topological polar surface area (TPSA) is 246 Å². The summed E-state index contributed by atoms with van der Waals surface area (Å²) < 4.78 is 28.7. The molecule has 0 aromatic carbocycles. The van der Waals surface area contributed by atoms with Crippen LogP contribution in [0.4, 0.5) is 21.2 Å². The van der Waals surface area contributed by atoms with E-state index in [1.807, 2.05) is 0 Å². The smallest absolute Gasteiger partial charge is 0.413 e. The zero-order valence-corrected chi connectivity index (χ0v) is 35.5. The average Bonchev–Trinajstić information content (AvgIpc) is 3.87. The van der Waals surface area contributed by atoms with Gasteiger partial charge in [-0.2, -0.15) is 10.2 Å². The maximum Gasteiger partial charge on any atom is 0.413 e. The number of ether oxygens (including phenoxy) is 5. The van der Waals surface area contributed by atoms with Crippen LogP contribution in [0.1, 0.15) is 69.4 Å². The van der Waals surface area contributed by atoms with Crippen molar-refractivity contribution in [3.63, 3.8) is 0 Å². The normalized spacial score (nSPS) is 11.0. The zero-order chi connectivity index (χ0) is 45.2. The van der Waals surface area contributed by atoms with Crippen molar-refractivity contribution in [1.29, 1.82) is 0 Å². The summed E-state index contributed by atoms with van der Waals surface area (Å²) in [6.07, 6.45) is 4.94. The number of aromatic nitrogens is 8. The molecule has 0 saturated heterocycles. The molecule has 0 radical (unpaired) electrons. The lowest BCUT2D eigenvalue weighted by molar-refractivity contribution is 0.0517. The monoisotopic (exact) mass is 850 g/mol. The summed E-state index contributed by atoms with van der Waals surface area (Å²) >= 11 is 0. The first kappa shape index (κ1) is 45.2. The molecule has 6 aromatic heterocycles. The number of rotatable bonds is 11. The SMILES string of the molecule is CCOC(=O)c1cc(-c2ccc(NC(=O)OC(C)(C)C)nc2)n(-c2ccc(OC)nc2)n1.COc1ccc(-n2nc(C(=O)O)cc2-c2ccc(NC(=O)OC(C)(C)C)nc2)cn1. The molecule has 20 nitrogen and oxygen atoms in total. The van der Waals surface area contributed by atoms with Gasteiger partial charge in [0, 0.05) is 35.7 Å². The van der Waals surface area contributed by atoms with Gasteiger partial charge in [-0.3, -0.25) is 10.6 Å². The molecule has 6 heterocycles. The number of carboxylic acids is 1. The van der Waals surface area contributed by atoms with Gasteiger partial charge in [-0.05, 0) is 97.0 Å². The average molecular weight is 851 g/mol. The third-order valence-corrected chi connectivity index (χ3v) is 7.85. The number of anilines is 2. The summed E-state index contributed by atoms with van der Waals surface area (Å²) in [6.45, 7) is 12.6. The first-order valence-corrected chi connectivity index (χ1v) is 18.9. The first-order valence-electron chi connectivity index (χ1n) is 18.9. The lowest BCUT2D eigenvalue weighted by Crippen LogP contribution is -2.27. The number of pyridine rings is 4. The van der Waals surface area contributed by atoms with E-state index in [9.17, 15) is 24.3 Å². The van der Waals surface area contributed by atoms with E-state index in [2.05, 4.69) is 40.8 Å². The van der Waals surface area contributed by atoms with Crippen molar-refractivity contribution in [2.24, 2.45) is 0 Å². The summed E-state index contributed by atoms with van der Waals surface area (Å²) in [7, 11) is 3.03. The quantitative estimate of drug-likeness (QED) is 0.0858. The number of nitrogens with one attached hydrogen (secondary N) is 2. The maximum absolute atomic E-state index is 12.3. The van der Waals surface area contributed by atoms with Gasteiger partial charge in [0.1, 0.15) is 22.8 Å². The first-order chi connectivity index (χ1) is 29.4. The van der Waals surface area contributed by atoms with Crippen LogP contribution in [0.15, 0.2) is 85.5 Å². The van der Waals surface area contributed by atoms with Gasteiger partial charge in [0.05, 0.1) is 56.0 Å². The van der Waals surface area contributed by atoms with Crippen LogP contribution in [-0.2, 0) is 14.2 Å². The summed E-state index contributed by atoms with van der Waals surface area (Å²) in [5.41, 5.74) is 2.29. The minimum absolute atomic E-state index is 0.128. The van der Waals surface area contributed by atoms with Gasteiger partial charge in [-0.15, -0.1) is 0 Å². The number of esters is 1. The van der Waals surface area contributed by atoms with E-state index in [0.717, 1.165) is 0 Å². The highest BCUT2D eigenvalue weighted by molar-refractivity contribution is 5.89. The van der Waals surface area contributed by atoms with Gasteiger partial charge < -0.3 is 28.8 Å². The molecule has 0 aliphatic rings. The zero-order valence-electron chi connectivity index (χ0n) is 35.5. The maximum atomic E-state index is 12.3. The Bertz CT molecular complexity index is 2490. The standard InChI is InChI=1S/C22H25N5O5.C20H21N5O5/c1-6-31-20(28)16-11-17(27(26-16)15-8-10-19(30-5)24-13-15)14-7-9-18(23-12-14)25-21(29)32-22(2,3)4;1-20(2,3)30-19(28)23-16-7-5-12(10-21-16)15-9-14(18(26)27)24-25(15)13-6-8-17(29-4)22-11-13/h7-13H,6H2,1-5H3,(H,23,25,29);5-11H,1-4H3,(H,26,27)(H,21,23,28). The fraction of sp³-hybridized carbons (Fsp3) is 0.286. The van der Waals surface area contributed by atoms with E-state index in [-0.39, 0.29) is 18.0 Å². The summed E-state index contributed by atoms with van der Waals surface area (Å²) in [5.74, 6) is -0.204. The molecule has 62 heavy (non-hydrogen) atoms. The summed E-state index contributed by atoms with van der Waals surface area (Å²) in [6, 6.07) is 16.5. The second kappa shape index (κ2) is 19.4. The molecule has 3 N–H and O–H groups in total. The van der Waals surface area contributed by atoms with Crippen molar-refractivity contribution >= 4 is 35.8 Å². The Labute approximate surface area is 356 Å². The Morgan fingerprint density at radius 3 is 1.39 bits per heavy atom. The second-order valence-electron chi connectivity index (χ2n) is 14.9. The lowest BCUT2D eigenvalue weighted by atomic mass is 10.2. The third kappa shape index (κ3) is 12.3. The summed E-state index contributed by atoms with van der Waals surface area (Å²) in [4.78, 5) is 64.3. The number of carbonyl (C=O) groups excluding carboxylic acids is 3. The molecule has 0 aliphatic heterocycles. The molecule has 0 atom stereocenters. The second-order valence-corrected chi connectivity index (χ2v) is 14.9. The molecule has 6 rings (SSSR count). The lowest BCUT2D eigenvalue weighted by Gasteiger charge is -2.19. The van der Waals surface area contributed by atoms with E-state index < -0.39 is 35.3 Å². The van der Waals surface area contributed by atoms with Crippen LogP contribution < -0.4 is 20.1 Å². The molecular formula is C42H46N10O10. The number of aromatic carboxylic acids is 1. The predicted molar refractivity (Wildman–Crippen MR) is 225 cm³/mol. The van der Waals surface area contributed by atoms with Crippen LogP contribution in [0.25, 0.3) is 33.9 Å². The van der Waals surface area contributed by atoms with Gasteiger partial charge in [0.2, 0.25) is 11.8 Å². The Morgan fingerprint density at radius 2 is 1.05 bits per heavy atom. The molecule has 0 fully saturated rings. The molecule has 0 saturated carbocycles. The minimum Gasteiger partial charge on any atom is -0.481 e. The number of nitrogens with zero attached hydrogens (tertiary/aromatic N) is 8. The van der Waals surface area contributed by atoms with Crippen LogP contribution in [0.3, 0.4) is 0 Å². The Hall–Kier alpha value is -7.90. The molecule has 2 amide bonds. The fourth-order valence-electron chi connectivity index (χ4n) is 5.27. The van der Waals surface area contributed by atoms with Crippen molar-refractivity contribution in [3.8, 4) is 45.6 Å². The van der Waals surface area contributed by atoms with Crippen molar-refractivity contribution in [2.75, 3.05) is 31.5 Å². The number of carbonyl (C=O) groups is 4. The van der Waals surface area contributed by atoms with Crippen LogP contribution in [0.5, 0.6) is 11.8 Å². The predicted octanol–water partition coefficient (Wildman–Crippen LogP) is 7.24. The molecule has 0 aliphatic carbocycles. The van der Waals surface area contributed by atoms with E-state index in [1.54, 1.807) is 120 Å². The number of carboxylic acid groups (broad SMARTS) is 1. The van der Waals surface area contributed by atoms with Crippen molar-refractivity contribution < 1.29 is 48.0 Å². The van der Waals surface area contributed by atoms with Crippen LogP contribution in [0, 0.1) is 0 Å². The van der Waals surface area contributed by atoms with E-state index >= 15 is 0 Å². The number of hydrogen-bond donors (Lipinski definition) is 3. The highest BCUT2D eigenvalue weighted by Crippen LogP contribution is 2.27. The molecule has 0 unspecified atom stereocenters. The van der Waals surface area contributed by atoms with Gasteiger partial charge in [0.25, 0.3) is 0 Å². The molecule has 6 aromatic rings. The largest absolute Gasteiger partial charge is 0.481 e. The van der Waals surface area contributed by atoms with Crippen molar-refractivity contribution in [2.45, 2.75) is 59.7 Å². The van der Waals surface area contributed by atoms with Crippen molar-refractivity contribution in [1.82, 2.24) is 39.5 Å². The molecule has 20 heteroatoms. The van der Waals surface area contributed by atoms with Gasteiger partial charge in [0.15, 0.2) is 11.4 Å². The number of hydrogen-bond acceptors (Lipinski definition) is 15. The van der Waals surface area contributed by atoms with Crippen LogP contribution in [0.2, 0.25) is 0 Å². The highest BCUT2D eigenvalue weighted by atomic mass is 16.6. The molecule has 0 spiro atoms. The summed E-state index contributed by atoms with van der Waals surface area (Å²) in [5, 5.41) is 23.0. The minimum atomic E-state index is -1.16. The molecule has 324 valence electrons. The fourth-order valence-corrected chi connectivity index (χ4v) is 5.27. The Balaban J connectivity index is 0.000000235. The van der Waals surface area contributed by atoms with Crippen molar-refractivity contribution in [3.05, 3.63) is 96.8 Å². The number of amides is 2. The Kier molecular flexibility index (Phi) is 14.2. The van der Waals surface area contributed by atoms with Gasteiger partial charge in [-0.25, -0.2) is 48.5 Å². The molecule has 0 bridgehead atoms. The van der Waals surface area contributed by atoms with Crippen LogP contribution >= 0.6 is 0 Å². The van der Waals surface area contributed by atoms with E-state index in [4.69, 9.17) is 23.7 Å². The van der Waals surface area contributed by atoms with E-state index in [1.165, 1.54) is 37.4 Å². The Morgan fingerprint density at radius 1 is 0.613 bits per heavy atom. The van der Waals surface area contributed by atoms with Gasteiger partial charge >= 0.3 is 24.1 Å². The molecular weight excluding hydrogens is 805 g/mol. The van der Waals surface area contributed by atoms with E-state index in [0.29, 0.717) is 57.3 Å². The van der Waals surface area contributed by atoms with Gasteiger partial charge in [-0.1, -0.05) is 0 Å².